The molecule has 0 spiro atoms. The van der Waals surface area contributed by atoms with E-state index in [0.717, 1.165) is 56.3 Å². The molecule has 2 heterocycles. The van der Waals surface area contributed by atoms with Crippen LogP contribution in [-0.4, -0.2) is 44.7 Å². The minimum Gasteiger partial charge on any atom is -0.481 e. The van der Waals surface area contributed by atoms with Crippen LogP contribution in [0.25, 0.3) is 0 Å². The zero-order valence-corrected chi connectivity index (χ0v) is 17.1. The Balaban J connectivity index is 1.77. The van der Waals surface area contributed by atoms with Gasteiger partial charge >= 0.3 is 12.0 Å². The Labute approximate surface area is 171 Å². The first-order valence-electron chi connectivity index (χ1n) is 9.96. The van der Waals surface area contributed by atoms with Crippen LogP contribution in [0.2, 0.25) is 0 Å². The smallest absolute Gasteiger partial charge is 0.316 e. The van der Waals surface area contributed by atoms with Gasteiger partial charge in [0.1, 0.15) is 5.82 Å². The second-order valence-electron chi connectivity index (χ2n) is 6.89. The molecule has 0 saturated heterocycles. The number of carbonyl (C=O) groups is 1. The van der Waals surface area contributed by atoms with Crippen molar-refractivity contribution < 1.29 is 14.6 Å². The predicted octanol–water partition coefficient (Wildman–Crippen LogP) is 3.04. The van der Waals surface area contributed by atoms with Crippen LogP contribution in [-0.2, 0) is 11.2 Å². The fraction of sp³-hybridized carbons (Fsp3) is 0.550. The average molecular weight is 402 g/mol. The standard InChI is InChI=1S/C20H30N6O3/c1-3-22-19-25-16(11-17(21)26-19)9-7-5-4-6-8-14(10-18(27)28)15-12-23-20(29-2)24-13-15/h11-14H,3-10H2,1-2H3,(H,27,28)(H3,21,22,25,26). The van der Waals surface area contributed by atoms with Gasteiger partial charge in [-0.1, -0.05) is 19.3 Å². The summed E-state index contributed by atoms with van der Waals surface area (Å²) in [4.78, 5) is 28.0. The number of carboxylic acids is 1. The fourth-order valence-corrected chi connectivity index (χ4v) is 3.17. The molecule has 9 heteroatoms. The van der Waals surface area contributed by atoms with Gasteiger partial charge in [-0.3, -0.25) is 4.79 Å². The topological polar surface area (TPSA) is 136 Å². The van der Waals surface area contributed by atoms with Crippen LogP contribution in [0.4, 0.5) is 11.8 Å². The zero-order valence-electron chi connectivity index (χ0n) is 17.1. The van der Waals surface area contributed by atoms with E-state index < -0.39 is 5.97 Å². The molecular weight excluding hydrogens is 372 g/mol. The van der Waals surface area contributed by atoms with Crippen molar-refractivity contribution in [2.24, 2.45) is 0 Å². The lowest BCUT2D eigenvalue weighted by Crippen LogP contribution is -2.08. The number of carboxylic acid groups (broad SMARTS) is 1. The Hall–Kier alpha value is -2.97. The van der Waals surface area contributed by atoms with Crippen molar-refractivity contribution in [1.29, 1.82) is 0 Å². The molecule has 0 aromatic carbocycles. The first-order valence-corrected chi connectivity index (χ1v) is 9.96. The number of nitrogens with one attached hydrogen (secondary N) is 1. The predicted molar refractivity (Wildman–Crippen MR) is 111 cm³/mol. The quantitative estimate of drug-likeness (QED) is 0.432. The Kier molecular flexibility index (Phi) is 9.07. The lowest BCUT2D eigenvalue weighted by Gasteiger charge is -2.14. The summed E-state index contributed by atoms with van der Waals surface area (Å²) in [6, 6.07) is 2.10. The molecular formula is C20H30N6O3. The number of anilines is 2. The molecule has 1 unspecified atom stereocenters. The van der Waals surface area contributed by atoms with E-state index in [0.29, 0.717) is 11.8 Å². The van der Waals surface area contributed by atoms with E-state index >= 15 is 0 Å². The lowest BCUT2D eigenvalue weighted by atomic mass is 9.92. The minimum atomic E-state index is -0.816. The third-order valence-corrected chi connectivity index (χ3v) is 4.59. The Morgan fingerprint density at radius 1 is 1.21 bits per heavy atom. The van der Waals surface area contributed by atoms with Gasteiger partial charge in [-0.15, -0.1) is 0 Å². The maximum Gasteiger partial charge on any atom is 0.316 e. The lowest BCUT2D eigenvalue weighted by molar-refractivity contribution is -0.137. The summed E-state index contributed by atoms with van der Waals surface area (Å²) >= 11 is 0. The number of aryl methyl sites for hydroxylation is 1. The van der Waals surface area contributed by atoms with Gasteiger partial charge < -0.3 is 20.9 Å². The molecule has 29 heavy (non-hydrogen) atoms. The van der Waals surface area contributed by atoms with Gasteiger partial charge in [-0.2, -0.15) is 4.98 Å². The summed E-state index contributed by atoms with van der Waals surface area (Å²) in [5.41, 5.74) is 7.60. The van der Waals surface area contributed by atoms with Gasteiger partial charge in [-0.25, -0.2) is 15.0 Å². The third-order valence-electron chi connectivity index (χ3n) is 4.59. The minimum absolute atomic E-state index is 0.0725. The zero-order chi connectivity index (χ0) is 21.1. The average Bonchev–Trinajstić information content (AvgIpc) is 2.69. The third kappa shape index (κ3) is 7.89. The molecule has 4 N–H and O–H groups in total. The van der Waals surface area contributed by atoms with Crippen LogP contribution < -0.4 is 15.8 Å². The molecule has 1 atom stereocenters. The van der Waals surface area contributed by atoms with Crippen molar-refractivity contribution in [2.75, 3.05) is 24.7 Å². The van der Waals surface area contributed by atoms with E-state index in [4.69, 9.17) is 10.5 Å². The van der Waals surface area contributed by atoms with E-state index in [-0.39, 0.29) is 18.3 Å². The number of aliphatic carboxylic acids is 1. The summed E-state index contributed by atoms with van der Waals surface area (Å²) in [6.07, 6.45) is 9.01. The molecule has 0 fully saturated rings. The highest BCUT2D eigenvalue weighted by atomic mass is 16.5. The van der Waals surface area contributed by atoms with Gasteiger partial charge in [0.25, 0.3) is 0 Å². The summed E-state index contributed by atoms with van der Waals surface area (Å²) in [5, 5.41) is 12.3. The van der Waals surface area contributed by atoms with Gasteiger partial charge in [0.2, 0.25) is 5.95 Å². The molecule has 9 nitrogen and oxygen atoms in total. The molecule has 0 aliphatic carbocycles. The second kappa shape index (κ2) is 11.8. The van der Waals surface area contributed by atoms with Crippen molar-refractivity contribution in [1.82, 2.24) is 19.9 Å². The van der Waals surface area contributed by atoms with Gasteiger partial charge in [0, 0.05) is 30.7 Å². The van der Waals surface area contributed by atoms with Gasteiger partial charge in [0.15, 0.2) is 0 Å². The van der Waals surface area contributed by atoms with Crippen LogP contribution in [0.5, 0.6) is 6.01 Å². The number of methoxy groups -OCH3 is 1. The highest BCUT2D eigenvalue weighted by Crippen LogP contribution is 2.26. The molecule has 2 aromatic heterocycles. The summed E-state index contributed by atoms with van der Waals surface area (Å²) in [7, 11) is 1.50. The number of unbranched alkanes of at least 4 members (excludes halogenated alkanes) is 3. The van der Waals surface area contributed by atoms with Crippen molar-refractivity contribution in [3.63, 3.8) is 0 Å². The number of ether oxygens (including phenoxy) is 1. The summed E-state index contributed by atoms with van der Waals surface area (Å²) in [6.45, 7) is 2.74. The van der Waals surface area contributed by atoms with E-state index in [1.807, 2.05) is 13.0 Å². The van der Waals surface area contributed by atoms with Crippen LogP contribution in [0.15, 0.2) is 18.5 Å². The normalized spacial score (nSPS) is 11.8. The number of nitrogens with zero attached hydrogens (tertiary/aromatic N) is 4. The molecule has 0 radical (unpaired) electrons. The van der Waals surface area contributed by atoms with Crippen molar-refractivity contribution in [3.8, 4) is 6.01 Å². The molecule has 2 aromatic rings. The van der Waals surface area contributed by atoms with E-state index in [9.17, 15) is 9.90 Å². The second-order valence-corrected chi connectivity index (χ2v) is 6.89. The first kappa shape index (κ1) is 22.3. The van der Waals surface area contributed by atoms with Crippen molar-refractivity contribution >= 4 is 17.7 Å². The van der Waals surface area contributed by atoms with E-state index in [1.165, 1.54) is 7.11 Å². The number of nitrogens with two attached hydrogens (primary N) is 1. The summed E-state index contributed by atoms with van der Waals surface area (Å²) < 4.78 is 4.96. The first-order chi connectivity index (χ1) is 14.0. The number of aromatic nitrogens is 4. The maximum atomic E-state index is 11.2. The molecule has 158 valence electrons. The Morgan fingerprint density at radius 2 is 1.93 bits per heavy atom. The largest absolute Gasteiger partial charge is 0.481 e. The monoisotopic (exact) mass is 402 g/mol. The molecule has 0 aliphatic heterocycles. The molecule has 0 saturated carbocycles. The molecule has 2 rings (SSSR count). The number of rotatable bonds is 13. The van der Waals surface area contributed by atoms with E-state index in [1.54, 1.807) is 12.4 Å². The van der Waals surface area contributed by atoms with Crippen LogP contribution in [0, 0.1) is 0 Å². The summed E-state index contributed by atoms with van der Waals surface area (Å²) in [5.74, 6) is 0.135. The Bertz CT molecular complexity index is 769. The number of hydrogen-bond acceptors (Lipinski definition) is 8. The SMILES string of the molecule is CCNc1nc(N)cc(CCCCCCC(CC(=O)O)c2cnc(OC)nc2)n1. The fourth-order valence-electron chi connectivity index (χ4n) is 3.17. The van der Waals surface area contributed by atoms with Crippen molar-refractivity contribution in [3.05, 3.63) is 29.7 Å². The Morgan fingerprint density at radius 3 is 2.59 bits per heavy atom. The maximum absolute atomic E-state index is 11.2. The van der Waals surface area contributed by atoms with Crippen LogP contribution >= 0.6 is 0 Å². The van der Waals surface area contributed by atoms with Crippen molar-refractivity contribution in [2.45, 2.75) is 57.8 Å². The molecule has 0 aliphatic rings. The van der Waals surface area contributed by atoms with E-state index in [2.05, 4.69) is 25.3 Å². The number of hydrogen-bond donors (Lipinski definition) is 3. The highest BCUT2D eigenvalue weighted by molar-refractivity contribution is 5.68. The van der Waals surface area contributed by atoms with Crippen LogP contribution in [0.3, 0.4) is 0 Å². The molecule has 0 amide bonds. The highest BCUT2D eigenvalue weighted by Gasteiger charge is 2.16. The molecule has 0 bridgehead atoms. The number of nitrogen functional groups attached to an aromatic ring is 1. The van der Waals surface area contributed by atoms with Gasteiger partial charge in [0.05, 0.1) is 13.5 Å². The van der Waals surface area contributed by atoms with Crippen LogP contribution in [0.1, 0.15) is 62.6 Å². The van der Waals surface area contributed by atoms with Gasteiger partial charge in [-0.05, 0) is 37.7 Å².